The fourth-order valence-corrected chi connectivity index (χ4v) is 2.93. The average molecular weight is 349 g/mol. The molecule has 0 atom stereocenters. The zero-order valence-corrected chi connectivity index (χ0v) is 12.9. The lowest BCUT2D eigenvalue weighted by Crippen LogP contribution is -2.46. The van der Waals surface area contributed by atoms with Gasteiger partial charge in [0.05, 0.1) is 17.3 Å². The lowest BCUT2D eigenvalue weighted by Gasteiger charge is -2.40. The van der Waals surface area contributed by atoms with Crippen LogP contribution >= 0.6 is 15.9 Å². The van der Waals surface area contributed by atoms with E-state index >= 15 is 0 Å². The normalized spacial score (nSPS) is 16.1. The molecule has 3 rings (SSSR count). The van der Waals surface area contributed by atoms with E-state index in [0.717, 1.165) is 35.5 Å². The molecule has 1 saturated carbocycles. The van der Waals surface area contributed by atoms with E-state index in [4.69, 9.17) is 0 Å². The summed E-state index contributed by atoms with van der Waals surface area (Å²) in [5.74, 6) is -0.669. The average Bonchev–Trinajstić information content (AvgIpc) is 2.42. The van der Waals surface area contributed by atoms with Crippen LogP contribution in [0.15, 0.2) is 47.2 Å². The standard InChI is InChI=1S/C16H14BrFN2O/c17-12-4-2-11(3-5-12)16(7-1-8-16)15(21)20-14-6-9-19-10-13(14)18/h2-6,9-10H,1,7-8H2,(H,19,20,21). The first-order valence-corrected chi connectivity index (χ1v) is 7.58. The number of nitrogens with zero attached hydrogens (tertiary/aromatic N) is 1. The smallest absolute Gasteiger partial charge is 0.235 e. The fourth-order valence-electron chi connectivity index (χ4n) is 2.66. The number of nitrogens with one attached hydrogen (secondary N) is 1. The minimum atomic E-state index is -0.545. The van der Waals surface area contributed by atoms with Crippen LogP contribution in [0.1, 0.15) is 24.8 Å². The first-order chi connectivity index (χ1) is 10.1. The zero-order valence-electron chi connectivity index (χ0n) is 11.3. The molecule has 1 heterocycles. The Labute approximate surface area is 130 Å². The van der Waals surface area contributed by atoms with E-state index in [0.29, 0.717) is 0 Å². The highest BCUT2D eigenvalue weighted by molar-refractivity contribution is 9.10. The highest BCUT2D eigenvalue weighted by Gasteiger charge is 2.45. The molecule has 2 aromatic rings. The van der Waals surface area contributed by atoms with Gasteiger partial charge in [0, 0.05) is 10.7 Å². The second-order valence-corrected chi connectivity index (χ2v) is 6.17. The van der Waals surface area contributed by atoms with Crippen molar-refractivity contribution in [2.45, 2.75) is 24.7 Å². The molecule has 0 spiro atoms. The molecule has 5 heteroatoms. The third-order valence-corrected chi connectivity index (χ3v) is 4.59. The van der Waals surface area contributed by atoms with Crippen molar-refractivity contribution in [2.24, 2.45) is 0 Å². The van der Waals surface area contributed by atoms with E-state index in [1.165, 1.54) is 12.3 Å². The summed E-state index contributed by atoms with van der Waals surface area (Å²) in [6, 6.07) is 9.23. The Bertz CT molecular complexity index is 668. The summed E-state index contributed by atoms with van der Waals surface area (Å²) >= 11 is 3.40. The van der Waals surface area contributed by atoms with Crippen LogP contribution in [0.4, 0.5) is 10.1 Å². The molecule has 0 saturated heterocycles. The molecule has 1 fully saturated rings. The Hall–Kier alpha value is -1.75. The van der Waals surface area contributed by atoms with Crippen LogP contribution in [0.5, 0.6) is 0 Å². The maximum atomic E-state index is 13.6. The number of hydrogen-bond acceptors (Lipinski definition) is 2. The van der Waals surface area contributed by atoms with E-state index in [1.54, 1.807) is 0 Å². The monoisotopic (exact) mass is 348 g/mol. The Morgan fingerprint density at radius 3 is 2.52 bits per heavy atom. The van der Waals surface area contributed by atoms with Crippen molar-refractivity contribution >= 4 is 27.5 Å². The third-order valence-electron chi connectivity index (χ3n) is 4.06. The zero-order chi connectivity index (χ0) is 14.9. The predicted octanol–water partition coefficient (Wildman–Crippen LogP) is 4.04. The summed E-state index contributed by atoms with van der Waals surface area (Å²) in [7, 11) is 0. The van der Waals surface area contributed by atoms with Gasteiger partial charge >= 0.3 is 0 Å². The summed E-state index contributed by atoms with van der Waals surface area (Å²) in [5.41, 5.74) is 0.610. The van der Waals surface area contributed by atoms with Gasteiger partial charge in [-0.1, -0.05) is 34.5 Å². The van der Waals surface area contributed by atoms with E-state index in [2.05, 4.69) is 26.2 Å². The van der Waals surface area contributed by atoms with Gasteiger partial charge in [0.15, 0.2) is 5.82 Å². The largest absolute Gasteiger partial charge is 0.323 e. The van der Waals surface area contributed by atoms with Gasteiger partial charge < -0.3 is 5.32 Å². The summed E-state index contributed by atoms with van der Waals surface area (Å²) in [4.78, 5) is 16.3. The number of hydrogen-bond donors (Lipinski definition) is 1. The number of halogens is 2. The van der Waals surface area contributed by atoms with Gasteiger partial charge in [-0.05, 0) is 36.6 Å². The molecule has 3 nitrogen and oxygen atoms in total. The highest BCUT2D eigenvalue weighted by atomic mass is 79.9. The van der Waals surface area contributed by atoms with Crippen molar-refractivity contribution in [1.82, 2.24) is 4.98 Å². The molecule has 1 aromatic carbocycles. The fraction of sp³-hybridized carbons (Fsp3) is 0.250. The van der Waals surface area contributed by atoms with E-state index in [1.807, 2.05) is 24.3 Å². The molecule has 1 N–H and O–H groups in total. The Morgan fingerprint density at radius 1 is 1.24 bits per heavy atom. The van der Waals surface area contributed by atoms with Crippen molar-refractivity contribution < 1.29 is 9.18 Å². The van der Waals surface area contributed by atoms with E-state index in [9.17, 15) is 9.18 Å². The highest BCUT2D eigenvalue weighted by Crippen LogP contribution is 2.44. The van der Waals surface area contributed by atoms with Crippen molar-refractivity contribution in [1.29, 1.82) is 0 Å². The van der Waals surface area contributed by atoms with Gasteiger partial charge in [-0.3, -0.25) is 9.78 Å². The van der Waals surface area contributed by atoms with Crippen LogP contribution in [0.3, 0.4) is 0 Å². The molecule has 1 amide bonds. The molecule has 0 unspecified atom stereocenters. The number of pyridine rings is 1. The van der Waals surface area contributed by atoms with Gasteiger partial charge in [0.1, 0.15) is 0 Å². The third kappa shape index (κ3) is 2.58. The Kier molecular flexibility index (Phi) is 3.76. The molecule has 0 aliphatic heterocycles. The quantitative estimate of drug-likeness (QED) is 0.909. The van der Waals surface area contributed by atoms with Crippen molar-refractivity contribution in [3.63, 3.8) is 0 Å². The summed E-state index contributed by atoms with van der Waals surface area (Å²) in [6.07, 6.45) is 5.14. The lowest BCUT2D eigenvalue weighted by molar-refractivity contribution is -0.124. The minimum absolute atomic E-state index is 0.152. The van der Waals surface area contributed by atoms with Crippen LogP contribution < -0.4 is 5.32 Å². The van der Waals surface area contributed by atoms with Gasteiger partial charge in [-0.2, -0.15) is 0 Å². The molecular formula is C16H14BrFN2O. The van der Waals surface area contributed by atoms with Gasteiger partial charge in [-0.15, -0.1) is 0 Å². The second kappa shape index (κ2) is 5.56. The molecule has 1 aromatic heterocycles. The number of anilines is 1. The molecule has 1 aliphatic rings. The van der Waals surface area contributed by atoms with Crippen molar-refractivity contribution in [3.8, 4) is 0 Å². The van der Waals surface area contributed by atoms with Crippen molar-refractivity contribution in [3.05, 3.63) is 58.6 Å². The Morgan fingerprint density at radius 2 is 1.95 bits per heavy atom. The predicted molar refractivity (Wildman–Crippen MR) is 82.5 cm³/mol. The summed E-state index contributed by atoms with van der Waals surface area (Å²) in [5, 5.41) is 2.70. The maximum absolute atomic E-state index is 13.6. The molecule has 0 radical (unpaired) electrons. The lowest BCUT2D eigenvalue weighted by atomic mass is 9.64. The number of carbonyl (C=O) groups excluding carboxylic acids is 1. The maximum Gasteiger partial charge on any atom is 0.235 e. The molecular weight excluding hydrogens is 335 g/mol. The summed E-state index contributed by atoms with van der Waals surface area (Å²) in [6.45, 7) is 0. The molecule has 0 bridgehead atoms. The molecule has 108 valence electrons. The SMILES string of the molecule is O=C(Nc1ccncc1F)C1(c2ccc(Br)cc2)CCC1. The molecule has 1 aliphatic carbocycles. The topological polar surface area (TPSA) is 42.0 Å². The van der Waals surface area contributed by atoms with Crippen LogP contribution in [-0.2, 0) is 10.2 Å². The van der Waals surface area contributed by atoms with Crippen LogP contribution in [0.2, 0.25) is 0 Å². The van der Waals surface area contributed by atoms with Crippen LogP contribution in [0, 0.1) is 5.82 Å². The second-order valence-electron chi connectivity index (χ2n) is 5.25. The van der Waals surface area contributed by atoms with Crippen LogP contribution in [-0.4, -0.2) is 10.9 Å². The van der Waals surface area contributed by atoms with E-state index < -0.39 is 11.2 Å². The number of benzene rings is 1. The number of amides is 1. The van der Waals surface area contributed by atoms with Gasteiger partial charge in [-0.25, -0.2) is 4.39 Å². The number of rotatable bonds is 3. The summed E-state index contributed by atoms with van der Waals surface area (Å²) < 4.78 is 14.6. The van der Waals surface area contributed by atoms with Gasteiger partial charge in [0.25, 0.3) is 0 Å². The number of aromatic nitrogens is 1. The number of carbonyl (C=O) groups is 1. The van der Waals surface area contributed by atoms with Gasteiger partial charge in [0.2, 0.25) is 5.91 Å². The first kappa shape index (κ1) is 14.2. The Balaban J connectivity index is 1.87. The molecule has 21 heavy (non-hydrogen) atoms. The van der Waals surface area contributed by atoms with Crippen LogP contribution in [0.25, 0.3) is 0 Å². The van der Waals surface area contributed by atoms with E-state index in [-0.39, 0.29) is 11.6 Å². The first-order valence-electron chi connectivity index (χ1n) is 6.79. The minimum Gasteiger partial charge on any atom is -0.323 e. The van der Waals surface area contributed by atoms with Crippen molar-refractivity contribution in [2.75, 3.05) is 5.32 Å².